The van der Waals surface area contributed by atoms with Crippen LogP contribution in [0, 0.1) is 0 Å². The maximum absolute atomic E-state index is 11.1. The minimum Gasteiger partial charge on any atom is -0.462 e. The lowest BCUT2D eigenvalue weighted by Crippen LogP contribution is -2.50. The lowest BCUT2D eigenvalue weighted by atomic mass is 10.0. The molecule has 118 valence electrons. The molecule has 0 saturated carbocycles. The summed E-state index contributed by atoms with van der Waals surface area (Å²) in [6, 6.07) is 0. The predicted octanol–water partition coefficient (Wildman–Crippen LogP) is -1.69. The van der Waals surface area contributed by atoms with Gasteiger partial charge in [-0.2, -0.15) is 0 Å². The Morgan fingerprint density at radius 2 is 1.55 bits per heavy atom. The second kappa shape index (κ2) is 10.5. The van der Waals surface area contributed by atoms with Gasteiger partial charge in [0.15, 0.2) is 6.10 Å². The Labute approximate surface area is 131 Å². The van der Waals surface area contributed by atoms with Crippen LogP contribution in [-0.2, 0) is 19.1 Å². The van der Waals surface area contributed by atoms with Gasteiger partial charge in [0.2, 0.25) is 0 Å². The molecule has 0 aliphatic rings. The number of aliphatic hydroxyl groups is 4. The average molecular weight is 424 g/mol. The highest BCUT2D eigenvalue weighted by atomic mass is 79.9. The summed E-state index contributed by atoms with van der Waals surface area (Å²) in [5.41, 5.74) is 0. The third-order valence-corrected chi connectivity index (χ3v) is 3.11. The van der Waals surface area contributed by atoms with E-state index in [4.69, 9.17) is 9.84 Å². The largest absolute Gasteiger partial charge is 0.462 e. The lowest BCUT2D eigenvalue weighted by molar-refractivity contribution is -0.177. The van der Waals surface area contributed by atoms with E-state index in [2.05, 4.69) is 36.6 Å². The Hall–Kier alpha value is -0.260. The van der Waals surface area contributed by atoms with Crippen LogP contribution in [0.2, 0.25) is 0 Å². The molecule has 0 saturated heterocycles. The summed E-state index contributed by atoms with van der Waals surface area (Å²) < 4.78 is 9.29. The topological polar surface area (TPSA) is 134 Å². The van der Waals surface area contributed by atoms with E-state index >= 15 is 0 Å². The quantitative estimate of drug-likeness (QED) is 0.255. The van der Waals surface area contributed by atoms with Crippen molar-refractivity contribution in [2.45, 2.75) is 24.4 Å². The Kier molecular flexibility index (Phi) is 10.3. The van der Waals surface area contributed by atoms with Crippen LogP contribution in [0.5, 0.6) is 0 Å². The average Bonchev–Trinajstić information content (AvgIpc) is 2.47. The molecule has 0 fully saturated rings. The summed E-state index contributed by atoms with van der Waals surface area (Å²) in [5, 5.41) is 37.5. The van der Waals surface area contributed by atoms with Gasteiger partial charge in [-0.3, -0.25) is 9.59 Å². The highest BCUT2D eigenvalue weighted by Gasteiger charge is 2.35. The highest BCUT2D eigenvalue weighted by molar-refractivity contribution is 9.09. The standard InChI is InChI=1S/C10H16Br2O8/c11-1-7(16)19-4-6(15)9(18)10(5(14)3-13)20-8(17)2-12/h5-6,9-10,13-15,18H,1-4H2/t5-,6+,9-,10-/m1/s1. The first-order valence-corrected chi connectivity index (χ1v) is 7.73. The van der Waals surface area contributed by atoms with Crippen molar-refractivity contribution in [3.8, 4) is 0 Å². The molecule has 20 heavy (non-hydrogen) atoms. The van der Waals surface area contributed by atoms with Gasteiger partial charge in [-0.05, 0) is 0 Å². The van der Waals surface area contributed by atoms with E-state index in [1.165, 1.54) is 0 Å². The summed E-state index contributed by atoms with van der Waals surface area (Å²) in [4.78, 5) is 22.0. The molecule has 0 heterocycles. The van der Waals surface area contributed by atoms with Gasteiger partial charge < -0.3 is 29.9 Å². The van der Waals surface area contributed by atoms with Crippen molar-refractivity contribution >= 4 is 43.8 Å². The van der Waals surface area contributed by atoms with Crippen molar-refractivity contribution in [1.82, 2.24) is 0 Å². The maximum Gasteiger partial charge on any atom is 0.317 e. The van der Waals surface area contributed by atoms with E-state index in [9.17, 15) is 24.9 Å². The van der Waals surface area contributed by atoms with Crippen LogP contribution in [0.15, 0.2) is 0 Å². The fourth-order valence-corrected chi connectivity index (χ4v) is 1.49. The van der Waals surface area contributed by atoms with Crippen molar-refractivity contribution in [3.05, 3.63) is 0 Å². The minimum atomic E-state index is -1.73. The molecule has 10 heteroatoms. The van der Waals surface area contributed by atoms with Crippen molar-refractivity contribution in [2.75, 3.05) is 23.9 Å². The number of carbonyl (C=O) groups is 2. The minimum absolute atomic E-state index is 0.0862. The van der Waals surface area contributed by atoms with Crippen molar-refractivity contribution < 1.29 is 39.5 Å². The van der Waals surface area contributed by atoms with Crippen molar-refractivity contribution in [2.24, 2.45) is 0 Å². The number of alkyl halides is 2. The van der Waals surface area contributed by atoms with E-state index in [0.29, 0.717) is 0 Å². The molecule has 0 aromatic rings. The first-order valence-electron chi connectivity index (χ1n) is 5.49. The van der Waals surface area contributed by atoms with Crippen molar-refractivity contribution in [3.63, 3.8) is 0 Å². The molecule has 4 atom stereocenters. The fourth-order valence-electron chi connectivity index (χ4n) is 1.20. The number of esters is 2. The SMILES string of the molecule is O=C(CBr)OC[C@H](O)[C@@H](O)[C@H](OC(=O)CBr)[C@H](O)CO. The van der Waals surface area contributed by atoms with Gasteiger partial charge in [-0.25, -0.2) is 0 Å². The first-order chi connectivity index (χ1) is 9.37. The number of ether oxygens (including phenoxy) is 2. The van der Waals surface area contributed by atoms with Crippen LogP contribution >= 0.6 is 31.9 Å². The summed E-state index contributed by atoms with van der Waals surface area (Å²) in [6.07, 6.45) is -6.46. The van der Waals surface area contributed by atoms with Gasteiger partial charge in [0.1, 0.15) is 35.6 Å². The number of hydrogen-bond donors (Lipinski definition) is 4. The molecule has 0 aromatic carbocycles. The highest BCUT2D eigenvalue weighted by Crippen LogP contribution is 2.11. The Balaban J connectivity index is 4.62. The maximum atomic E-state index is 11.1. The van der Waals surface area contributed by atoms with Crippen LogP contribution in [-0.4, -0.2) is 80.7 Å². The van der Waals surface area contributed by atoms with Crippen LogP contribution in [0.25, 0.3) is 0 Å². The molecule has 0 aliphatic heterocycles. The van der Waals surface area contributed by atoms with E-state index in [0.717, 1.165) is 0 Å². The molecule has 8 nitrogen and oxygen atoms in total. The molecule has 0 aromatic heterocycles. The number of hydrogen-bond acceptors (Lipinski definition) is 8. The first kappa shape index (κ1) is 19.7. The molecule has 0 rings (SSSR count). The lowest BCUT2D eigenvalue weighted by Gasteiger charge is -2.29. The Morgan fingerprint density at radius 3 is 2.00 bits per heavy atom. The summed E-state index contributed by atoms with van der Waals surface area (Å²) >= 11 is 5.66. The van der Waals surface area contributed by atoms with E-state index in [-0.39, 0.29) is 10.7 Å². The number of halogens is 2. The summed E-state index contributed by atoms with van der Waals surface area (Å²) in [7, 11) is 0. The normalized spacial score (nSPS) is 16.9. The molecule has 0 radical (unpaired) electrons. The van der Waals surface area contributed by atoms with Gasteiger partial charge in [0.05, 0.1) is 6.61 Å². The zero-order valence-corrected chi connectivity index (χ0v) is 13.5. The molecule has 0 spiro atoms. The van der Waals surface area contributed by atoms with E-state index in [1.807, 2.05) is 0 Å². The Bertz CT molecular complexity index is 314. The molecule has 0 bridgehead atoms. The molecule has 0 amide bonds. The summed E-state index contributed by atoms with van der Waals surface area (Å²) in [6.45, 7) is -1.34. The molecule has 0 aliphatic carbocycles. The van der Waals surface area contributed by atoms with Crippen LogP contribution < -0.4 is 0 Å². The zero-order chi connectivity index (χ0) is 15.7. The Morgan fingerprint density at radius 1 is 1.00 bits per heavy atom. The van der Waals surface area contributed by atoms with Crippen LogP contribution in [0.4, 0.5) is 0 Å². The van der Waals surface area contributed by atoms with E-state index < -0.39 is 49.6 Å². The smallest absolute Gasteiger partial charge is 0.317 e. The number of aliphatic hydroxyl groups excluding tert-OH is 4. The number of rotatable bonds is 9. The van der Waals surface area contributed by atoms with Gasteiger partial charge in [0.25, 0.3) is 0 Å². The van der Waals surface area contributed by atoms with Gasteiger partial charge in [-0.1, -0.05) is 31.9 Å². The molecular weight excluding hydrogens is 408 g/mol. The molecular formula is C10H16Br2O8. The van der Waals surface area contributed by atoms with Crippen molar-refractivity contribution in [1.29, 1.82) is 0 Å². The third-order valence-electron chi connectivity index (χ3n) is 2.20. The second-order valence-corrected chi connectivity index (χ2v) is 4.83. The second-order valence-electron chi connectivity index (χ2n) is 3.71. The third kappa shape index (κ3) is 6.95. The van der Waals surface area contributed by atoms with Gasteiger partial charge in [-0.15, -0.1) is 0 Å². The predicted molar refractivity (Wildman–Crippen MR) is 73.5 cm³/mol. The van der Waals surface area contributed by atoms with E-state index in [1.54, 1.807) is 0 Å². The monoisotopic (exact) mass is 422 g/mol. The van der Waals surface area contributed by atoms with Gasteiger partial charge >= 0.3 is 11.9 Å². The summed E-state index contributed by atoms with van der Waals surface area (Å²) in [5.74, 6) is -1.46. The zero-order valence-electron chi connectivity index (χ0n) is 10.3. The fraction of sp³-hybridized carbons (Fsp3) is 0.800. The van der Waals surface area contributed by atoms with Gasteiger partial charge in [0, 0.05) is 0 Å². The van der Waals surface area contributed by atoms with Crippen LogP contribution in [0.3, 0.4) is 0 Å². The number of carbonyl (C=O) groups excluding carboxylic acids is 2. The van der Waals surface area contributed by atoms with Crippen LogP contribution in [0.1, 0.15) is 0 Å². The molecule has 0 unspecified atom stereocenters. The molecule has 4 N–H and O–H groups in total.